The van der Waals surface area contributed by atoms with Gasteiger partial charge in [-0.1, -0.05) is 50.2 Å². The summed E-state index contributed by atoms with van der Waals surface area (Å²) in [5.74, 6) is -0.304. The Bertz CT molecular complexity index is 579. The molecule has 0 heterocycles. The van der Waals surface area contributed by atoms with E-state index in [1.165, 1.54) is 12.7 Å². The quantitative estimate of drug-likeness (QED) is 0.845. The average Bonchev–Trinajstić information content (AvgIpc) is 2.55. The van der Waals surface area contributed by atoms with Crippen LogP contribution in [0.1, 0.15) is 35.3 Å². The summed E-state index contributed by atoms with van der Waals surface area (Å²) in [5, 5.41) is 3.34. The highest BCUT2D eigenvalue weighted by atomic mass is 16.5. The molecule has 21 heavy (non-hydrogen) atoms. The summed E-state index contributed by atoms with van der Waals surface area (Å²) in [6, 6.07) is 15.5. The van der Waals surface area contributed by atoms with Crippen LogP contribution in [0.4, 0.5) is 5.69 Å². The average molecular weight is 285 g/mol. The molecule has 0 atom stereocenters. The fourth-order valence-corrected chi connectivity index (χ4v) is 1.95. The third kappa shape index (κ3) is 4.63. The summed E-state index contributed by atoms with van der Waals surface area (Å²) in [7, 11) is 1.40. The predicted octanol–water partition coefficient (Wildman–Crippen LogP) is 4.42. The molecule has 0 aromatic heterocycles. The highest BCUT2D eigenvalue weighted by molar-refractivity contribution is 5.91. The van der Waals surface area contributed by atoms with Crippen molar-refractivity contribution in [2.24, 2.45) is 0 Å². The molecular weight excluding hydrogens is 262 g/mol. The zero-order valence-corrected chi connectivity index (χ0v) is 13.1. The first-order valence-electron chi connectivity index (χ1n) is 7.18. The molecule has 0 radical (unpaired) electrons. The highest BCUT2D eigenvalue weighted by Crippen LogP contribution is 2.16. The molecule has 0 bridgehead atoms. The van der Waals surface area contributed by atoms with Crippen molar-refractivity contribution >= 4 is 11.7 Å². The minimum Gasteiger partial charge on any atom is -0.465 e. The van der Waals surface area contributed by atoms with Gasteiger partial charge in [0.25, 0.3) is 0 Å². The molecule has 3 nitrogen and oxygen atoms in total. The van der Waals surface area contributed by atoms with E-state index >= 15 is 0 Å². The molecule has 0 aliphatic carbocycles. The molecular formula is C18H23NO2. The van der Waals surface area contributed by atoms with Crippen molar-refractivity contribution in [1.82, 2.24) is 0 Å². The van der Waals surface area contributed by atoms with E-state index in [1.807, 2.05) is 50.2 Å². The topological polar surface area (TPSA) is 38.3 Å². The van der Waals surface area contributed by atoms with Crippen LogP contribution in [-0.2, 0) is 11.3 Å². The van der Waals surface area contributed by atoms with E-state index in [2.05, 4.69) is 18.3 Å². The van der Waals surface area contributed by atoms with E-state index in [9.17, 15) is 4.79 Å². The van der Waals surface area contributed by atoms with Gasteiger partial charge in [0, 0.05) is 12.2 Å². The Morgan fingerprint density at radius 3 is 2.33 bits per heavy atom. The molecule has 2 aromatic rings. The van der Waals surface area contributed by atoms with Crippen molar-refractivity contribution in [1.29, 1.82) is 0 Å². The number of nitrogens with one attached hydrogen (secondary N) is 1. The molecule has 2 aromatic carbocycles. The maximum Gasteiger partial charge on any atom is 0.338 e. The lowest BCUT2D eigenvalue weighted by molar-refractivity contribution is 0.0599. The number of carbonyl (C=O) groups excluding carboxylic acids is 1. The molecule has 0 spiro atoms. The Kier molecular flexibility index (Phi) is 7.02. The summed E-state index contributed by atoms with van der Waals surface area (Å²) in [5.41, 5.74) is 3.78. The SMILES string of the molecule is CC.COC(=O)c1ccccc1CNc1ccccc1C. The first-order chi connectivity index (χ1) is 10.2. The second-order valence-corrected chi connectivity index (χ2v) is 4.32. The maximum absolute atomic E-state index is 11.7. The van der Waals surface area contributed by atoms with Crippen molar-refractivity contribution < 1.29 is 9.53 Å². The van der Waals surface area contributed by atoms with Crippen molar-refractivity contribution in [3.8, 4) is 0 Å². The summed E-state index contributed by atoms with van der Waals surface area (Å²) in [6.45, 7) is 6.64. The lowest BCUT2D eigenvalue weighted by Crippen LogP contribution is -2.09. The molecule has 0 unspecified atom stereocenters. The number of carbonyl (C=O) groups is 1. The molecule has 0 aliphatic heterocycles. The molecule has 3 heteroatoms. The number of hydrogen-bond acceptors (Lipinski definition) is 3. The smallest absolute Gasteiger partial charge is 0.338 e. The molecule has 0 aliphatic rings. The van der Waals surface area contributed by atoms with Crippen LogP contribution in [0.2, 0.25) is 0 Å². The van der Waals surface area contributed by atoms with Gasteiger partial charge in [-0.05, 0) is 30.2 Å². The van der Waals surface area contributed by atoms with Gasteiger partial charge in [0.15, 0.2) is 0 Å². The van der Waals surface area contributed by atoms with Gasteiger partial charge >= 0.3 is 5.97 Å². The largest absolute Gasteiger partial charge is 0.465 e. The Hall–Kier alpha value is -2.29. The van der Waals surface area contributed by atoms with Gasteiger partial charge in [-0.15, -0.1) is 0 Å². The van der Waals surface area contributed by atoms with Crippen LogP contribution in [0.5, 0.6) is 0 Å². The predicted molar refractivity (Wildman–Crippen MR) is 87.6 cm³/mol. The van der Waals surface area contributed by atoms with Crippen molar-refractivity contribution in [2.45, 2.75) is 27.3 Å². The molecule has 0 fully saturated rings. The molecule has 0 saturated heterocycles. The first-order valence-corrected chi connectivity index (χ1v) is 7.18. The minimum absolute atomic E-state index is 0.304. The second kappa shape index (κ2) is 8.80. The summed E-state index contributed by atoms with van der Waals surface area (Å²) in [6.07, 6.45) is 0. The molecule has 0 amide bonds. The normalized spacial score (nSPS) is 9.33. The van der Waals surface area contributed by atoms with Gasteiger partial charge < -0.3 is 10.1 Å². The minimum atomic E-state index is -0.304. The number of esters is 1. The number of ether oxygens (including phenoxy) is 1. The number of aryl methyl sites for hydroxylation is 1. The van der Waals surface area contributed by atoms with E-state index in [0.717, 1.165) is 11.3 Å². The van der Waals surface area contributed by atoms with Crippen molar-refractivity contribution in [3.63, 3.8) is 0 Å². The van der Waals surface area contributed by atoms with E-state index in [-0.39, 0.29) is 5.97 Å². The Balaban J connectivity index is 0.00000106. The number of hydrogen-bond donors (Lipinski definition) is 1. The van der Waals surface area contributed by atoms with Crippen LogP contribution < -0.4 is 5.32 Å². The molecule has 0 saturated carbocycles. The standard InChI is InChI=1S/C16H17NO2.C2H6/c1-12-7-3-6-10-15(12)17-11-13-8-4-5-9-14(13)16(18)19-2;1-2/h3-10,17H,11H2,1-2H3;1-2H3. The van der Waals surface area contributed by atoms with Gasteiger partial charge in [0.1, 0.15) is 0 Å². The number of para-hydroxylation sites is 1. The first kappa shape index (κ1) is 16.8. The van der Waals surface area contributed by atoms with E-state index in [4.69, 9.17) is 4.74 Å². The molecule has 2 rings (SSSR count). The van der Waals surface area contributed by atoms with Gasteiger partial charge in [0.2, 0.25) is 0 Å². The van der Waals surface area contributed by atoms with Crippen LogP contribution in [0.15, 0.2) is 48.5 Å². The van der Waals surface area contributed by atoms with Gasteiger partial charge in [-0.25, -0.2) is 4.79 Å². The third-order valence-corrected chi connectivity index (χ3v) is 3.04. The summed E-state index contributed by atoms with van der Waals surface area (Å²) in [4.78, 5) is 11.7. The Labute approximate surface area is 127 Å². The van der Waals surface area contributed by atoms with Crippen molar-refractivity contribution in [3.05, 3.63) is 65.2 Å². The van der Waals surface area contributed by atoms with Crippen LogP contribution >= 0.6 is 0 Å². The lowest BCUT2D eigenvalue weighted by Gasteiger charge is -2.11. The molecule has 1 N–H and O–H groups in total. The monoisotopic (exact) mass is 285 g/mol. The van der Waals surface area contributed by atoms with E-state index in [1.54, 1.807) is 6.07 Å². The lowest BCUT2D eigenvalue weighted by atomic mass is 10.1. The van der Waals surface area contributed by atoms with Gasteiger partial charge in [-0.3, -0.25) is 0 Å². The van der Waals surface area contributed by atoms with Gasteiger partial charge in [0.05, 0.1) is 12.7 Å². The zero-order chi connectivity index (χ0) is 15.7. The summed E-state index contributed by atoms with van der Waals surface area (Å²) >= 11 is 0. The Morgan fingerprint density at radius 2 is 1.67 bits per heavy atom. The molecule has 112 valence electrons. The van der Waals surface area contributed by atoms with Crippen LogP contribution in [0.25, 0.3) is 0 Å². The summed E-state index contributed by atoms with van der Waals surface area (Å²) < 4.78 is 4.79. The fourth-order valence-electron chi connectivity index (χ4n) is 1.95. The second-order valence-electron chi connectivity index (χ2n) is 4.32. The van der Waals surface area contributed by atoms with Crippen LogP contribution in [0, 0.1) is 6.92 Å². The zero-order valence-electron chi connectivity index (χ0n) is 13.1. The number of anilines is 1. The number of benzene rings is 2. The van der Waals surface area contributed by atoms with Gasteiger partial charge in [-0.2, -0.15) is 0 Å². The van der Waals surface area contributed by atoms with E-state index < -0.39 is 0 Å². The van der Waals surface area contributed by atoms with Crippen LogP contribution in [-0.4, -0.2) is 13.1 Å². The Morgan fingerprint density at radius 1 is 1.05 bits per heavy atom. The highest BCUT2D eigenvalue weighted by Gasteiger charge is 2.10. The van der Waals surface area contributed by atoms with Crippen LogP contribution in [0.3, 0.4) is 0 Å². The fraction of sp³-hybridized carbons (Fsp3) is 0.278. The van der Waals surface area contributed by atoms with Crippen molar-refractivity contribution in [2.75, 3.05) is 12.4 Å². The van der Waals surface area contributed by atoms with E-state index in [0.29, 0.717) is 12.1 Å². The maximum atomic E-state index is 11.7. The third-order valence-electron chi connectivity index (χ3n) is 3.04. The number of methoxy groups -OCH3 is 1. The number of rotatable bonds is 4.